The fourth-order valence-electron chi connectivity index (χ4n) is 3.07. The molecule has 2 aromatic rings. The molecule has 0 aliphatic carbocycles. The summed E-state index contributed by atoms with van der Waals surface area (Å²) in [5, 5.41) is 0. The van der Waals surface area contributed by atoms with Crippen molar-refractivity contribution in [3.8, 4) is 0 Å². The maximum absolute atomic E-state index is 6.71. The minimum Gasteiger partial charge on any atom is -0.455 e. The lowest BCUT2D eigenvalue weighted by atomic mass is 10.2. The Balaban J connectivity index is 2.02. The van der Waals surface area contributed by atoms with Gasteiger partial charge in [-0.3, -0.25) is 0 Å². The zero-order valence-corrected chi connectivity index (χ0v) is 16.6. The molecule has 0 radical (unpaired) electrons. The summed E-state index contributed by atoms with van der Waals surface area (Å²) in [4.78, 5) is 0. The zero-order valence-electron chi connectivity index (χ0n) is 14.6. The van der Waals surface area contributed by atoms with E-state index in [0.717, 1.165) is 23.5 Å². The van der Waals surface area contributed by atoms with Crippen LogP contribution in [0.25, 0.3) is 0 Å². The average Bonchev–Trinajstić information content (AvgIpc) is 2.42. The van der Waals surface area contributed by atoms with E-state index in [1.165, 1.54) is 11.1 Å². The highest BCUT2D eigenvalue weighted by Crippen LogP contribution is 2.23. The van der Waals surface area contributed by atoms with E-state index in [2.05, 4.69) is 50.5 Å². The number of anilines is 2. The number of rotatable bonds is 6. The maximum Gasteiger partial charge on any atom is 0.177 e. The zero-order chi connectivity index (χ0) is 17.1. The Labute approximate surface area is 141 Å². The second-order valence-corrected chi connectivity index (χ2v) is 16.0. The van der Waals surface area contributed by atoms with Gasteiger partial charge >= 0.3 is 0 Å². The van der Waals surface area contributed by atoms with Gasteiger partial charge in [-0.2, -0.15) is 0 Å². The smallest absolute Gasteiger partial charge is 0.177 e. The van der Waals surface area contributed by atoms with Gasteiger partial charge in [0.2, 0.25) is 0 Å². The second kappa shape index (κ2) is 6.90. The van der Waals surface area contributed by atoms with Gasteiger partial charge in [-0.05, 0) is 73.7 Å². The van der Waals surface area contributed by atoms with Crippen LogP contribution in [0.3, 0.4) is 0 Å². The quantitative estimate of drug-likeness (QED) is 0.611. The van der Waals surface area contributed by atoms with Gasteiger partial charge < -0.3 is 15.6 Å². The Morgan fingerprint density at radius 1 is 0.652 bits per heavy atom. The van der Waals surface area contributed by atoms with Gasteiger partial charge in [-0.15, -0.1) is 0 Å². The Bertz CT molecular complexity index is 580. The van der Waals surface area contributed by atoms with E-state index in [-0.39, 0.29) is 0 Å². The minimum atomic E-state index is -1.77. The highest BCUT2D eigenvalue weighted by molar-refractivity contribution is 6.84. The molecule has 3 nitrogen and oxygen atoms in total. The lowest BCUT2D eigenvalue weighted by Crippen LogP contribution is -2.47. The van der Waals surface area contributed by atoms with Crippen LogP contribution in [0.4, 0.5) is 11.4 Å². The van der Waals surface area contributed by atoms with E-state index in [9.17, 15) is 0 Å². The first-order valence-corrected chi connectivity index (χ1v) is 14.3. The number of benzene rings is 2. The van der Waals surface area contributed by atoms with Gasteiger partial charge in [0.05, 0.1) is 0 Å². The molecule has 0 saturated heterocycles. The predicted molar refractivity (Wildman–Crippen MR) is 105 cm³/mol. The van der Waals surface area contributed by atoms with Gasteiger partial charge in [0, 0.05) is 11.4 Å². The van der Waals surface area contributed by atoms with Crippen molar-refractivity contribution in [2.45, 2.75) is 38.3 Å². The Morgan fingerprint density at radius 2 is 0.957 bits per heavy atom. The lowest BCUT2D eigenvalue weighted by molar-refractivity contribution is 0.537. The van der Waals surface area contributed by atoms with Crippen LogP contribution in [0.5, 0.6) is 0 Å². The van der Waals surface area contributed by atoms with Crippen LogP contribution in [0.15, 0.2) is 48.5 Å². The summed E-state index contributed by atoms with van der Waals surface area (Å²) in [5.74, 6) is 0. The van der Waals surface area contributed by atoms with E-state index >= 15 is 0 Å². The van der Waals surface area contributed by atoms with Gasteiger partial charge in [0.15, 0.2) is 16.6 Å². The predicted octanol–water partition coefficient (Wildman–Crippen LogP) is 4.14. The van der Waals surface area contributed by atoms with E-state index in [4.69, 9.17) is 15.6 Å². The third kappa shape index (κ3) is 5.86. The molecule has 0 fully saturated rings. The third-order valence-corrected chi connectivity index (χ3v) is 10.7. The largest absolute Gasteiger partial charge is 0.455 e. The topological polar surface area (TPSA) is 61.3 Å². The summed E-state index contributed by atoms with van der Waals surface area (Å²) < 4.78 is 6.71. The van der Waals surface area contributed by atoms with E-state index in [1.54, 1.807) is 0 Å². The summed E-state index contributed by atoms with van der Waals surface area (Å²) >= 11 is 0. The summed E-state index contributed by atoms with van der Waals surface area (Å²) in [6, 6.07) is 18.4. The van der Waals surface area contributed by atoms with E-state index < -0.39 is 16.6 Å². The van der Waals surface area contributed by atoms with E-state index in [0.29, 0.717) is 0 Å². The molecule has 23 heavy (non-hydrogen) atoms. The van der Waals surface area contributed by atoms with Crippen LogP contribution in [0, 0.1) is 0 Å². The molecule has 2 aromatic carbocycles. The molecule has 2 rings (SSSR count). The van der Waals surface area contributed by atoms with Crippen molar-refractivity contribution in [2.75, 3.05) is 11.5 Å². The van der Waals surface area contributed by atoms with Crippen molar-refractivity contribution in [3.63, 3.8) is 0 Å². The Morgan fingerprint density at radius 3 is 1.26 bits per heavy atom. The third-order valence-electron chi connectivity index (χ3n) is 3.77. The molecule has 124 valence electrons. The molecule has 0 saturated carbocycles. The molecule has 0 amide bonds. The minimum absolute atomic E-state index is 0.812. The van der Waals surface area contributed by atoms with Crippen molar-refractivity contribution in [1.29, 1.82) is 0 Å². The summed E-state index contributed by atoms with van der Waals surface area (Å²) in [5.41, 5.74) is 15.8. The standard InChI is InChI=1S/C18H28N2OSi2/c1-22(2,13-15-5-9-17(19)10-6-15)21-23(3,4)14-16-7-11-18(20)12-8-16/h5-12H,13-14,19-20H2,1-4H3. The van der Waals surface area contributed by atoms with Gasteiger partial charge in [-0.25, -0.2) is 0 Å². The molecule has 5 heteroatoms. The normalized spacial score (nSPS) is 12.3. The van der Waals surface area contributed by atoms with Gasteiger partial charge in [-0.1, -0.05) is 24.3 Å². The van der Waals surface area contributed by atoms with Crippen LogP contribution in [0.2, 0.25) is 26.2 Å². The first-order valence-electron chi connectivity index (χ1n) is 8.04. The Hall–Kier alpha value is -1.57. The number of nitrogen functional groups attached to an aromatic ring is 2. The molecule has 0 aromatic heterocycles. The molecule has 0 unspecified atom stereocenters. The number of hydrogen-bond donors (Lipinski definition) is 2. The summed E-state index contributed by atoms with van der Waals surface area (Å²) in [7, 11) is -3.53. The molecule has 0 spiro atoms. The highest BCUT2D eigenvalue weighted by atomic mass is 28.4. The molecular weight excluding hydrogens is 316 g/mol. The fourth-order valence-corrected chi connectivity index (χ4v) is 12.1. The van der Waals surface area contributed by atoms with E-state index in [1.807, 2.05) is 24.3 Å². The lowest BCUT2D eigenvalue weighted by Gasteiger charge is -2.34. The first kappa shape index (κ1) is 17.8. The van der Waals surface area contributed by atoms with Crippen LogP contribution in [-0.2, 0) is 16.2 Å². The monoisotopic (exact) mass is 344 g/mol. The molecule has 0 aliphatic rings. The van der Waals surface area contributed by atoms with Crippen molar-refractivity contribution in [2.24, 2.45) is 0 Å². The van der Waals surface area contributed by atoms with Crippen molar-refractivity contribution in [3.05, 3.63) is 59.7 Å². The molecular formula is C18H28N2OSi2. The molecule has 0 aliphatic heterocycles. The summed E-state index contributed by atoms with van der Waals surface area (Å²) in [6.45, 7) is 9.23. The second-order valence-electron chi connectivity index (χ2n) is 7.46. The molecule has 0 atom stereocenters. The number of hydrogen-bond acceptors (Lipinski definition) is 3. The molecule has 4 N–H and O–H groups in total. The van der Waals surface area contributed by atoms with Gasteiger partial charge in [0.1, 0.15) is 0 Å². The first-order chi connectivity index (χ1) is 10.7. The maximum atomic E-state index is 6.71. The molecule has 0 heterocycles. The highest BCUT2D eigenvalue weighted by Gasteiger charge is 2.33. The molecule has 0 bridgehead atoms. The van der Waals surface area contributed by atoms with Crippen LogP contribution >= 0.6 is 0 Å². The van der Waals surface area contributed by atoms with Crippen molar-refractivity contribution < 1.29 is 4.12 Å². The summed E-state index contributed by atoms with van der Waals surface area (Å²) in [6.07, 6.45) is 0. The van der Waals surface area contributed by atoms with Crippen LogP contribution in [-0.4, -0.2) is 16.6 Å². The SMILES string of the molecule is C[Si](C)(Cc1ccc(N)cc1)O[Si](C)(C)Cc1ccc(N)cc1. The average molecular weight is 345 g/mol. The van der Waals surface area contributed by atoms with Crippen LogP contribution in [0.1, 0.15) is 11.1 Å². The fraction of sp³-hybridized carbons (Fsp3) is 0.333. The van der Waals surface area contributed by atoms with Crippen LogP contribution < -0.4 is 11.5 Å². The van der Waals surface area contributed by atoms with Gasteiger partial charge in [0.25, 0.3) is 0 Å². The number of nitrogens with two attached hydrogens (primary N) is 2. The Kier molecular flexibility index (Phi) is 5.34. The van der Waals surface area contributed by atoms with Crippen molar-refractivity contribution >= 4 is 28.0 Å². The van der Waals surface area contributed by atoms with Crippen molar-refractivity contribution in [1.82, 2.24) is 0 Å².